The molecule has 0 saturated carbocycles. The third-order valence-corrected chi connectivity index (χ3v) is 4.79. The fourth-order valence-electron chi connectivity index (χ4n) is 1.49. The molecule has 0 radical (unpaired) electrons. The third kappa shape index (κ3) is 4.54. The molecule has 20 heavy (non-hydrogen) atoms. The molecule has 0 spiro atoms. The van der Waals surface area contributed by atoms with E-state index < -0.39 is 0 Å². The summed E-state index contributed by atoms with van der Waals surface area (Å²) in [5, 5.41) is 4.42. The van der Waals surface area contributed by atoms with Crippen LogP contribution in [0.1, 0.15) is 5.56 Å². The quantitative estimate of drug-likeness (QED) is 0.510. The normalized spacial score (nSPS) is 10.3. The van der Waals surface area contributed by atoms with Gasteiger partial charge in [0.15, 0.2) is 0 Å². The van der Waals surface area contributed by atoms with Crippen molar-refractivity contribution in [1.29, 1.82) is 0 Å². The van der Waals surface area contributed by atoms with Gasteiger partial charge < -0.3 is 5.32 Å². The zero-order valence-electron chi connectivity index (χ0n) is 10.2. The molecule has 0 unspecified atom stereocenters. The highest BCUT2D eigenvalue weighted by Crippen LogP contribution is 2.33. The summed E-state index contributed by atoms with van der Waals surface area (Å²) < 4.78 is 0.633. The van der Waals surface area contributed by atoms with Gasteiger partial charge in [0.05, 0.1) is 20.8 Å². The van der Waals surface area contributed by atoms with E-state index in [0.717, 1.165) is 5.75 Å². The molecule has 2 aromatic rings. The van der Waals surface area contributed by atoms with Gasteiger partial charge in [0.1, 0.15) is 4.32 Å². The van der Waals surface area contributed by atoms with Gasteiger partial charge in [-0.15, -0.1) is 0 Å². The Kier molecular flexibility index (Phi) is 6.00. The molecule has 104 valence electrons. The van der Waals surface area contributed by atoms with Crippen LogP contribution in [0.2, 0.25) is 15.1 Å². The van der Waals surface area contributed by atoms with E-state index in [0.29, 0.717) is 25.1 Å². The van der Waals surface area contributed by atoms with Crippen LogP contribution in [0.3, 0.4) is 0 Å². The molecule has 1 N–H and O–H groups in total. The zero-order valence-corrected chi connectivity index (χ0v) is 14.1. The molecule has 0 aliphatic rings. The molecule has 0 aliphatic carbocycles. The SMILES string of the molecule is S=C(Nc1cc(Cl)c(Cl)cc1Cl)SCc1ccccc1. The van der Waals surface area contributed by atoms with Crippen LogP contribution in [0, 0.1) is 0 Å². The summed E-state index contributed by atoms with van der Waals surface area (Å²) >= 11 is 24.7. The summed E-state index contributed by atoms with van der Waals surface area (Å²) in [6, 6.07) is 13.4. The number of hydrogen-bond acceptors (Lipinski definition) is 2. The minimum absolute atomic E-state index is 0.421. The van der Waals surface area contributed by atoms with E-state index in [2.05, 4.69) is 17.4 Å². The Morgan fingerprint density at radius 3 is 2.35 bits per heavy atom. The molecule has 0 aromatic heterocycles. The number of thiocarbonyl (C=S) groups is 1. The van der Waals surface area contributed by atoms with Crippen LogP contribution >= 0.6 is 58.8 Å². The zero-order chi connectivity index (χ0) is 14.5. The average Bonchev–Trinajstić information content (AvgIpc) is 2.44. The van der Waals surface area contributed by atoms with Crippen molar-refractivity contribution >= 4 is 68.8 Å². The lowest BCUT2D eigenvalue weighted by atomic mass is 10.2. The molecule has 0 bridgehead atoms. The molecule has 2 aromatic carbocycles. The van der Waals surface area contributed by atoms with E-state index in [1.165, 1.54) is 17.3 Å². The predicted octanol–water partition coefficient (Wildman–Crippen LogP) is 6.28. The van der Waals surface area contributed by atoms with Crippen LogP contribution in [0.5, 0.6) is 0 Å². The molecule has 0 saturated heterocycles. The Morgan fingerprint density at radius 2 is 1.65 bits per heavy atom. The number of halogens is 3. The van der Waals surface area contributed by atoms with Crippen LogP contribution in [0.4, 0.5) is 5.69 Å². The maximum atomic E-state index is 6.09. The molecule has 0 fully saturated rings. The molecule has 0 atom stereocenters. The standard InChI is InChI=1S/C14H10Cl3NS2/c15-10-6-12(17)13(7-11(10)16)18-14(19)20-8-9-4-2-1-3-5-9/h1-7H,8H2,(H,18,19). The van der Waals surface area contributed by atoms with Crippen LogP contribution < -0.4 is 5.32 Å². The van der Waals surface area contributed by atoms with E-state index >= 15 is 0 Å². The van der Waals surface area contributed by atoms with Gasteiger partial charge in [0.2, 0.25) is 0 Å². The molecule has 2 rings (SSSR count). The fourth-order valence-corrected chi connectivity index (χ4v) is 3.04. The first-order valence-electron chi connectivity index (χ1n) is 5.68. The summed E-state index contributed by atoms with van der Waals surface area (Å²) in [5.74, 6) is 0.797. The number of hydrogen-bond donors (Lipinski definition) is 1. The lowest BCUT2D eigenvalue weighted by Crippen LogP contribution is -2.05. The van der Waals surface area contributed by atoms with Crippen molar-refractivity contribution in [3.63, 3.8) is 0 Å². The first kappa shape index (κ1) is 15.9. The Morgan fingerprint density at radius 1 is 1.00 bits per heavy atom. The lowest BCUT2D eigenvalue weighted by molar-refractivity contribution is 1.42. The topological polar surface area (TPSA) is 12.0 Å². The van der Waals surface area contributed by atoms with Crippen molar-refractivity contribution in [2.75, 3.05) is 5.32 Å². The summed E-state index contributed by atoms with van der Waals surface area (Å²) in [6.45, 7) is 0. The van der Waals surface area contributed by atoms with E-state index in [1.54, 1.807) is 12.1 Å². The first-order chi connectivity index (χ1) is 9.56. The molecular weight excluding hydrogens is 353 g/mol. The Hall–Kier alpha value is -0.450. The molecule has 0 amide bonds. The predicted molar refractivity (Wildman–Crippen MR) is 95.4 cm³/mol. The van der Waals surface area contributed by atoms with Gasteiger partial charge in [0, 0.05) is 5.75 Å². The second-order valence-corrected chi connectivity index (χ2v) is 6.81. The third-order valence-electron chi connectivity index (χ3n) is 2.46. The highest BCUT2D eigenvalue weighted by atomic mass is 35.5. The smallest absolute Gasteiger partial charge is 0.138 e. The van der Waals surface area contributed by atoms with Crippen molar-refractivity contribution in [3.8, 4) is 0 Å². The number of benzene rings is 2. The maximum Gasteiger partial charge on any atom is 0.138 e. The first-order valence-corrected chi connectivity index (χ1v) is 8.21. The minimum atomic E-state index is 0.421. The number of thioether (sulfide) groups is 1. The van der Waals surface area contributed by atoms with E-state index in [9.17, 15) is 0 Å². The Labute approximate surface area is 142 Å². The van der Waals surface area contributed by atoms with Gasteiger partial charge in [-0.2, -0.15) is 0 Å². The summed E-state index contributed by atoms with van der Waals surface area (Å²) in [4.78, 5) is 0. The van der Waals surface area contributed by atoms with Gasteiger partial charge in [-0.1, -0.05) is 89.1 Å². The highest BCUT2D eigenvalue weighted by molar-refractivity contribution is 8.22. The summed E-state index contributed by atoms with van der Waals surface area (Å²) in [5.41, 5.74) is 1.87. The monoisotopic (exact) mass is 361 g/mol. The fraction of sp³-hybridized carbons (Fsp3) is 0.0714. The van der Waals surface area contributed by atoms with Gasteiger partial charge in [-0.3, -0.25) is 0 Å². The van der Waals surface area contributed by atoms with Crippen molar-refractivity contribution in [2.24, 2.45) is 0 Å². The van der Waals surface area contributed by atoms with Crippen LogP contribution in [0.15, 0.2) is 42.5 Å². The average molecular weight is 363 g/mol. The maximum absolute atomic E-state index is 6.09. The van der Waals surface area contributed by atoms with E-state index in [-0.39, 0.29) is 0 Å². The molecule has 1 nitrogen and oxygen atoms in total. The van der Waals surface area contributed by atoms with Gasteiger partial charge in [0.25, 0.3) is 0 Å². The van der Waals surface area contributed by atoms with Crippen LogP contribution in [-0.4, -0.2) is 4.32 Å². The van der Waals surface area contributed by atoms with E-state index in [4.69, 9.17) is 47.0 Å². The van der Waals surface area contributed by atoms with Gasteiger partial charge in [-0.25, -0.2) is 0 Å². The molecule has 0 heterocycles. The highest BCUT2D eigenvalue weighted by Gasteiger charge is 2.08. The van der Waals surface area contributed by atoms with Crippen molar-refractivity contribution in [2.45, 2.75) is 5.75 Å². The largest absolute Gasteiger partial charge is 0.340 e. The Bertz CT molecular complexity index is 617. The number of rotatable bonds is 3. The van der Waals surface area contributed by atoms with E-state index in [1.807, 2.05) is 18.2 Å². The number of nitrogens with one attached hydrogen (secondary N) is 1. The van der Waals surface area contributed by atoms with Crippen molar-refractivity contribution in [3.05, 3.63) is 63.1 Å². The summed E-state index contributed by atoms with van der Waals surface area (Å²) in [6.07, 6.45) is 0. The van der Waals surface area contributed by atoms with Crippen molar-refractivity contribution in [1.82, 2.24) is 0 Å². The van der Waals surface area contributed by atoms with Gasteiger partial charge >= 0.3 is 0 Å². The van der Waals surface area contributed by atoms with Crippen LogP contribution in [0.25, 0.3) is 0 Å². The van der Waals surface area contributed by atoms with Crippen LogP contribution in [-0.2, 0) is 5.75 Å². The van der Waals surface area contributed by atoms with Crippen molar-refractivity contribution < 1.29 is 0 Å². The Balaban J connectivity index is 1.97. The number of anilines is 1. The second-order valence-electron chi connectivity index (χ2n) is 3.93. The molecular formula is C14H10Cl3NS2. The summed E-state index contributed by atoms with van der Waals surface area (Å²) in [7, 11) is 0. The van der Waals surface area contributed by atoms with Gasteiger partial charge in [-0.05, 0) is 17.7 Å². The molecule has 6 heteroatoms. The molecule has 0 aliphatic heterocycles. The minimum Gasteiger partial charge on any atom is -0.340 e. The lowest BCUT2D eigenvalue weighted by Gasteiger charge is -2.10. The second kappa shape index (κ2) is 7.53.